The first-order valence-corrected chi connectivity index (χ1v) is 8.49. The Hall–Kier alpha value is -1.09. The maximum Gasteiger partial charge on any atom is 0.0598 e. The molecule has 0 radical (unpaired) electrons. The molecule has 0 aliphatic carbocycles. The van der Waals surface area contributed by atoms with Crippen LogP contribution >= 0.6 is 0 Å². The lowest BCUT2D eigenvalue weighted by molar-refractivity contribution is 0.351. The van der Waals surface area contributed by atoms with Crippen LogP contribution in [0.5, 0.6) is 0 Å². The molecule has 1 aromatic heterocycles. The normalized spacial score (nSPS) is 20.1. The Morgan fingerprint density at radius 2 is 2.05 bits per heavy atom. The molecule has 21 heavy (non-hydrogen) atoms. The smallest absolute Gasteiger partial charge is 0.0598 e. The summed E-state index contributed by atoms with van der Waals surface area (Å²) in [5.74, 6) is 1.69. The summed E-state index contributed by atoms with van der Waals surface area (Å²) in [5.41, 5.74) is 2.71. The van der Waals surface area contributed by atoms with E-state index in [9.17, 15) is 0 Å². The molecule has 1 N–H and O–H groups in total. The van der Waals surface area contributed by atoms with Gasteiger partial charge in [0.15, 0.2) is 0 Å². The molecule has 0 spiro atoms. The summed E-state index contributed by atoms with van der Waals surface area (Å²) < 4.78 is 0. The molecular formula is C18H31N3. The van der Waals surface area contributed by atoms with Crippen LogP contribution in [-0.2, 0) is 6.54 Å². The van der Waals surface area contributed by atoms with Crippen LogP contribution in [0.4, 0.5) is 5.69 Å². The van der Waals surface area contributed by atoms with Crippen molar-refractivity contribution in [2.75, 3.05) is 18.0 Å². The van der Waals surface area contributed by atoms with Crippen molar-refractivity contribution in [2.24, 2.45) is 11.8 Å². The fraction of sp³-hybridized carbons (Fsp3) is 0.722. The van der Waals surface area contributed by atoms with Crippen molar-refractivity contribution in [1.29, 1.82) is 0 Å². The molecule has 118 valence electrons. The molecule has 1 aromatic rings. The van der Waals surface area contributed by atoms with E-state index in [2.05, 4.69) is 49.0 Å². The molecule has 0 bridgehead atoms. The van der Waals surface area contributed by atoms with Crippen LogP contribution in [0.15, 0.2) is 18.5 Å². The van der Waals surface area contributed by atoms with Gasteiger partial charge in [-0.1, -0.05) is 27.7 Å². The molecule has 0 aromatic carbocycles. The van der Waals surface area contributed by atoms with E-state index in [0.29, 0.717) is 6.04 Å². The first-order valence-electron chi connectivity index (χ1n) is 8.49. The monoisotopic (exact) mass is 289 g/mol. The SMILES string of the molecule is CC(C)NCc1ccncc1N1CCCC(C(C)C)CC1. The number of hydrogen-bond acceptors (Lipinski definition) is 3. The van der Waals surface area contributed by atoms with Crippen LogP contribution in [0, 0.1) is 11.8 Å². The molecule has 0 saturated carbocycles. The minimum atomic E-state index is 0.514. The number of hydrogen-bond donors (Lipinski definition) is 1. The number of pyridine rings is 1. The predicted molar refractivity (Wildman–Crippen MR) is 90.6 cm³/mol. The molecule has 1 unspecified atom stereocenters. The van der Waals surface area contributed by atoms with Gasteiger partial charge in [-0.3, -0.25) is 4.98 Å². The average Bonchev–Trinajstić information content (AvgIpc) is 2.71. The van der Waals surface area contributed by atoms with E-state index in [1.165, 1.54) is 43.6 Å². The molecule has 1 fully saturated rings. The molecule has 1 aliphatic rings. The Bertz CT molecular complexity index is 428. The van der Waals surface area contributed by atoms with Gasteiger partial charge >= 0.3 is 0 Å². The van der Waals surface area contributed by atoms with Gasteiger partial charge in [-0.2, -0.15) is 0 Å². The highest BCUT2D eigenvalue weighted by Gasteiger charge is 2.21. The van der Waals surface area contributed by atoms with E-state index >= 15 is 0 Å². The topological polar surface area (TPSA) is 28.2 Å². The summed E-state index contributed by atoms with van der Waals surface area (Å²) in [6.07, 6.45) is 7.94. The van der Waals surface area contributed by atoms with Crippen LogP contribution in [0.25, 0.3) is 0 Å². The van der Waals surface area contributed by atoms with Crippen LogP contribution in [0.2, 0.25) is 0 Å². The fourth-order valence-electron chi connectivity index (χ4n) is 3.19. The third-order valence-corrected chi connectivity index (χ3v) is 4.64. The molecule has 2 heterocycles. The number of rotatable bonds is 5. The second-order valence-electron chi connectivity index (χ2n) is 6.96. The van der Waals surface area contributed by atoms with E-state index in [1.807, 2.05) is 12.4 Å². The number of nitrogens with one attached hydrogen (secondary N) is 1. The lowest BCUT2D eigenvalue weighted by atomic mass is 9.89. The molecular weight excluding hydrogens is 258 g/mol. The second kappa shape index (κ2) is 7.79. The number of aromatic nitrogens is 1. The van der Waals surface area contributed by atoms with Gasteiger partial charge in [0.2, 0.25) is 0 Å². The van der Waals surface area contributed by atoms with Crippen molar-refractivity contribution in [2.45, 2.75) is 59.5 Å². The first-order chi connectivity index (χ1) is 10.1. The van der Waals surface area contributed by atoms with Crippen LogP contribution < -0.4 is 10.2 Å². The summed E-state index contributed by atoms with van der Waals surface area (Å²) in [7, 11) is 0. The first kappa shape index (κ1) is 16.3. The van der Waals surface area contributed by atoms with Crippen LogP contribution in [-0.4, -0.2) is 24.1 Å². The minimum Gasteiger partial charge on any atom is -0.370 e. The van der Waals surface area contributed by atoms with Gasteiger partial charge in [0.25, 0.3) is 0 Å². The van der Waals surface area contributed by atoms with Crippen molar-refractivity contribution >= 4 is 5.69 Å². The Balaban J connectivity index is 2.07. The molecule has 1 saturated heterocycles. The van der Waals surface area contributed by atoms with Crippen molar-refractivity contribution in [1.82, 2.24) is 10.3 Å². The zero-order chi connectivity index (χ0) is 15.2. The van der Waals surface area contributed by atoms with Crippen LogP contribution in [0.3, 0.4) is 0 Å². The second-order valence-corrected chi connectivity index (χ2v) is 6.96. The minimum absolute atomic E-state index is 0.514. The summed E-state index contributed by atoms with van der Waals surface area (Å²) >= 11 is 0. The summed E-state index contributed by atoms with van der Waals surface area (Å²) in [6, 6.07) is 2.68. The van der Waals surface area contributed by atoms with Crippen molar-refractivity contribution in [3.63, 3.8) is 0 Å². The zero-order valence-electron chi connectivity index (χ0n) is 14.1. The molecule has 3 heteroatoms. The Labute approximate surface area is 130 Å². The summed E-state index contributed by atoms with van der Waals surface area (Å²) in [4.78, 5) is 6.91. The van der Waals surface area contributed by atoms with Crippen LogP contribution in [0.1, 0.15) is 52.5 Å². The van der Waals surface area contributed by atoms with Gasteiger partial charge in [0.1, 0.15) is 0 Å². The molecule has 3 nitrogen and oxygen atoms in total. The maximum absolute atomic E-state index is 4.36. The van der Waals surface area contributed by atoms with Gasteiger partial charge in [-0.05, 0) is 42.7 Å². The maximum atomic E-state index is 4.36. The third-order valence-electron chi connectivity index (χ3n) is 4.64. The number of anilines is 1. The summed E-state index contributed by atoms with van der Waals surface area (Å²) in [6.45, 7) is 12.4. The van der Waals surface area contributed by atoms with E-state index < -0.39 is 0 Å². The Morgan fingerprint density at radius 1 is 1.24 bits per heavy atom. The average molecular weight is 289 g/mol. The van der Waals surface area contributed by atoms with E-state index in [4.69, 9.17) is 0 Å². The molecule has 1 atom stereocenters. The predicted octanol–water partition coefficient (Wildman–Crippen LogP) is 3.84. The number of nitrogens with zero attached hydrogens (tertiary/aromatic N) is 2. The highest BCUT2D eigenvalue weighted by Crippen LogP contribution is 2.28. The van der Waals surface area contributed by atoms with Crippen molar-refractivity contribution in [3.8, 4) is 0 Å². The lowest BCUT2D eigenvalue weighted by Crippen LogP contribution is -2.28. The third kappa shape index (κ3) is 4.70. The van der Waals surface area contributed by atoms with Gasteiger partial charge < -0.3 is 10.2 Å². The quantitative estimate of drug-likeness (QED) is 0.892. The van der Waals surface area contributed by atoms with E-state index in [1.54, 1.807) is 0 Å². The van der Waals surface area contributed by atoms with Crippen molar-refractivity contribution < 1.29 is 0 Å². The molecule has 1 aliphatic heterocycles. The Morgan fingerprint density at radius 3 is 2.76 bits per heavy atom. The fourth-order valence-corrected chi connectivity index (χ4v) is 3.19. The zero-order valence-corrected chi connectivity index (χ0v) is 14.1. The highest BCUT2D eigenvalue weighted by atomic mass is 15.1. The van der Waals surface area contributed by atoms with E-state index in [-0.39, 0.29) is 0 Å². The Kier molecular flexibility index (Phi) is 6.04. The van der Waals surface area contributed by atoms with Crippen molar-refractivity contribution in [3.05, 3.63) is 24.0 Å². The largest absolute Gasteiger partial charge is 0.370 e. The lowest BCUT2D eigenvalue weighted by Gasteiger charge is -2.26. The van der Waals surface area contributed by atoms with E-state index in [0.717, 1.165) is 18.4 Å². The highest BCUT2D eigenvalue weighted by molar-refractivity contribution is 5.51. The van der Waals surface area contributed by atoms with Gasteiger partial charge in [-0.15, -0.1) is 0 Å². The van der Waals surface area contributed by atoms with Gasteiger partial charge in [-0.25, -0.2) is 0 Å². The van der Waals surface area contributed by atoms with Gasteiger partial charge in [0, 0.05) is 31.9 Å². The van der Waals surface area contributed by atoms with Gasteiger partial charge in [0.05, 0.1) is 11.9 Å². The molecule has 0 amide bonds. The standard InChI is InChI=1S/C18H31N3/c1-14(2)16-6-5-10-21(11-8-16)18-13-19-9-7-17(18)12-20-15(3)4/h7,9,13-16,20H,5-6,8,10-12H2,1-4H3. The summed E-state index contributed by atoms with van der Waals surface area (Å²) in [5, 5.41) is 3.53. The molecule has 2 rings (SSSR count).